The molecule has 0 radical (unpaired) electrons. The zero-order valence-corrected chi connectivity index (χ0v) is 19.3. The predicted molar refractivity (Wildman–Crippen MR) is 122 cm³/mol. The molecule has 2 N–H and O–H groups in total. The van der Waals surface area contributed by atoms with Crippen molar-refractivity contribution >= 4 is 11.9 Å². The van der Waals surface area contributed by atoms with E-state index in [1.807, 2.05) is 11.8 Å². The number of morpholine rings is 1. The lowest BCUT2D eigenvalue weighted by Crippen LogP contribution is -2.73. The quantitative estimate of drug-likeness (QED) is 0.733. The Balaban J connectivity index is 1.42. The lowest BCUT2D eigenvalue weighted by atomic mass is 9.80. The van der Waals surface area contributed by atoms with Crippen molar-refractivity contribution in [3.05, 3.63) is 35.9 Å². The van der Waals surface area contributed by atoms with E-state index < -0.39 is 11.6 Å². The molecule has 0 aromatic heterocycles. The molecule has 1 aliphatic carbocycles. The van der Waals surface area contributed by atoms with Crippen LogP contribution in [0.15, 0.2) is 30.3 Å². The number of carbonyl (C=O) groups is 2. The number of urea groups is 1. The number of hydrogen-bond donors (Lipinski definition) is 2. The van der Waals surface area contributed by atoms with Gasteiger partial charge in [0, 0.05) is 13.1 Å². The number of nitrogens with zero attached hydrogens (tertiary/aromatic N) is 1. The highest BCUT2D eigenvalue weighted by molar-refractivity contribution is 5.82. The highest BCUT2D eigenvalue weighted by Crippen LogP contribution is 2.36. The summed E-state index contributed by atoms with van der Waals surface area (Å²) in [5, 5.41) is 6.14. The van der Waals surface area contributed by atoms with Crippen LogP contribution in [-0.4, -0.2) is 66.9 Å². The minimum Gasteiger partial charge on any atom is -0.376 e. The molecule has 7 heteroatoms. The summed E-state index contributed by atoms with van der Waals surface area (Å²) in [6.45, 7) is 5.73. The lowest BCUT2D eigenvalue weighted by Gasteiger charge is -2.52. The molecule has 3 aliphatic rings. The van der Waals surface area contributed by atoms with Gasteiger partial charge in [0.05, 0.1) is 30.9 Å². The van der Waals surface area contributed by atoms with Gasteiger partial charge in [-0.2, -0.15) is 0 Å². The maximum Gasteiger partial charge on any atom is 0.317 e. The third-order valence-corrected chi connectivity index (χ3v) is 7.39. The Morgan fingerprint density at radius 3 is 2.69 bits per heavy atom. The maximum absolute atomic E-state index is 12.8. The summed E-state index contributed by atoms with van der Waals surface area (Å²) in [6, 6.07) is 10.4. The molecule has 32 heavy (non-hydrogen) atoms. The molecule has 4 rings (SSSR count). The van der Waals surface area contributed by atoms with Gasteiger partial charge in [0.2, 0.25) is 5.91 Å². The Morgan fingerprint density at radius 1 is 1.25 bits per heavy atom. The van der Waals surface area contributed by atoms with Crippen LogP contribution in [0.25, 0.3) is 0 Å². The Hall–Kier alpha value is -2.12. The van der Waals surface area contributed by atoms with Crippen LogP contribution in [0.3, 0.4) is 0 Å². The molecule has 2 heterocycles. The summed E-state index contributed by atoms with van der Waals surface area (Å²) in [7, 11) is 0. The molecule has 3 fully saturated rings. The van der Waals surface area contributed by atoms with Crippen molar-refractivity contribution in [3.63, 3.8) is 0 Å². The maximum atomic E-state index is 12.8. The van der Waals surface area contributed by atoms with Crippen LogP contribution < -0.4 is 10.6 Å². The number of hydrogen-bond acceptors (Lipinski definition) is 4. The van der Waals surface area contributed by atoms with Crippen LogP contribution in [-0.2, 0) is 14.3 Å². The van der Waals surface area contributed by atoms with Gasteiger partial charge in [-0.3, -0.25) is 4.79 Å². The summed E-state index contributed by atoms with van der Waals surface area (Å²) < 4.78 is 12.3. The third kappa shape index (κ3) is 4.94. The Morgan fingerprint density at radius 2 is 2.00 bits per heavy atom. The number of benzene rings is 1. The number of amides is 3. The van der Waals surface area contributed by atoms with Crippen molar-refractivity contribution in [1.82, 2.24) is 15.5 Å². The van der Waals surface area contributed by atoms with Gasteiger partial charge in [-0.25, -0.2) is 4.79 Å². The summed E-state index contributed by atoms with van der Waals surface area (Å²) in [5.41, 5.74) is 0.824. The van der Waals surface area contributed by atoms with E-state index in [0.29, 0.717) is 32.2 Å². The highest BCUT2D eigenvalue weighted by atomic mass is 16.5. The molecular weight excluding hydrogens is 406 g/mol. The van der Waals surface area contributed by atoms with Crippen molar-refractivity contribution in [3.8, 4) is 0 Å². The summed E-state index contributed by atoms with van der Waals surface area (Å²) in [4.78, 5) is 27.2. The van der Waals surface area contributed by atoms with Gasteiger partial charge >= 0.3 is 6.03 Å². The second kappa shape index (κ2) is 10.2. The number of likely N-dealkylation sites (tertiary alicyclic amines) is 1. The summed E-state index contributed by atoms with van der Waals surface area (Å²) in [6.07, 6.45) is 5.59. The van der Waals surface area contributed by atoms with Gasteiger partial charge in [0.1, 0.15) is 6.10 Å². The Kier molecular flexibility index (Phi) is 7.36. The van der Waals surface area contributed by atoms with Crippen LogP contribution >= 0.6 is 0 Å². The fourth-order valence-corrected chi connectivity index (χ4v) is 5.49. The fourth-order valence-electron chi connectivity index (χ4n) is 5.49. The highest BCUT2D eigenvalue weighted by Gasteiger charge is 2.50. The average Bonchev–Trinajstić information content (AvgIpc) is 2.82. The number of carbonyl (C=O) groups excluding carboxylic acids is 2. The smallest absolute Gasteiger partial charge is 0.317 e. The van der Waals surface area contributed by atoms with Crippen LogP contribution in [0.2, 0.25) is 0 Å². The molecule has 1 saturated carbocycles. The van der Waals surface area contributed by atoms with Gasteiger partial charge in [0.25, 0.3) is 0 Å². The molecule has 0 unspecified atom stereocenters. The number of rotatable bonds is 5. The number of nitrogens with one attached hydrogen (secondary N) is 2. The zero-order chi connectivity index (χ0) is 22.6. The van der Waals surface area contributed by atoms with E-state index in [2.05, 4.69) is 41.0 Å². The molecule has 2 saturated heterocycles. The first kappa shape index (κ1) is 23.1. The van der Waals surface area contributed by atoms with Gasteiger partial charge in [-0.1, -0.05) is 30.3 Å². The average molecular weight is 444 g/mol. The first-order valence-corrected chi connectivity index (χ1v) is 12.2. The number of piperidine rings is 1. The van der Waals surface area contributed by atoms with Crippen molar-refractivity contribution in [1.29, 1.82) is 0 Å². The third-order valence-electron chi connectivity index (χ3n) is 7.39. The molecule has 1 aromatic rings. The van der Waals surface area contributed by atoms with E-state index in [0.717, 1.165) is 38.5 Å². The minimum atomic E-state index is -0.589. The van der Waals surface area contributed by atoms with Gasteiger partial charge in [-0.15, -0.1) is 0 Å². The second-order valence-electron chi connectivity index (χ2n) is 9.46. The van der Waals surface area contributed by atoms with Crippen molar-refractivity contribution in [2.45, 2.75) is 82.1 Å². The molecule has 1 spiro atoms. The van der Waals surface area contributed by atoms with E-state index in [4.69, 9.17) is 9.47 Å². The molecule has 3 atom stereocenters. The molecule has 3 amide bonds. The van der Waals surface area contributed by atoms with Crippen LogP contribution in [0.1, 0.15) is 63.9 Å². The van der Waals surface area contributed by atoms with Gasteiger partial charge in [-0.05, 0) is 63.9 Å². The van der Waals surface area contributed by atoms with Crippen molar-refractivity contribution in [2.24, 2.45) is 0 Å². The molecule has 7 nitrogen and oxygen atoms in total. The molecule has 0 bridgehead atoms. The van der Waals surface area contributed by atoms with E-state index >= 15 is 0 Å². The van der Waals surface area contributed by atoms with E-state index in [9.17, 15) is 9.59 Å². The molecular formula is C25H37N3O4. The fraction of sp³-hybridized carbons (Fsp3) is 0.680. The SMILES string of the molecule is CCNC(=O)N1CCC[C@@]2(CO[C@@H](C)C(=O)N2)[C@@H]1COC1CCC(c2ccccc2)CC1. The van der Waals surface area contributed by atoms with Gasteiger partial charge in [0.15, 0.2) is 0 Å². The van der Waals surface area contributed by atoms with Crippen LogP contribution in [0, 0.1) is 0 Å². The molecule has 1 aromatic carbocycles. The van der Waals surface area contributed by atoms with Crippen LogP contribution in [0.5, 0.6) is 0 Å². The number of ether oxygens (including phenoxy) is 2. The zero-order valence-electron chi connectivity index (χ0n) is 19.3. The standard InChI is InChI=1S/C25H37N3O4/c1-3-26-24(30)28-15-7-14-25(17-32-18(2)23(29)27-25)22(28)16-31-21-12-10-20(11-13-21)19-8-5-4-6-9-19/h4-6,8-9,18,20-22H,3,7,10-17H2,1-2H3,(H,26,30)(H,27,29)/t18-,20?,21?,22-,25+/m0/s1. The monoisotopic (exact) mass is 443 g/mol. The second-order valence-corrected chi connectivity index (χ2v) is 9.46. The summed E-state index contributed by atoms with van der Waals surface area (Å²) >= 11 is 0. The van der Waals surface area contributed by atoms with E-state index in [1.165, 1.54) is 5.56 Å². The minimum absolute atomic E-state index is 0.0965. The normalized spacial score (nSPS) is 33.1. The lowest BCUT2D eigenvalue weighted by molar-refractivity contribution is -0.153. The first-order valence-electron chi connectivity index (χ1n) is 12.2. The molecule has 176 valence electrons. The van der Waals surface area contributed by atoms with Crippen molar-refractivity contribution < 1.29 is 19.1 Å². The van der Waals surface area contributed by atoms with E-state index in [1.54, 1.807) is 6.92 Å². The Labute approximate surface area is 191 Å². The van der Waals surface area contributed by atoms with Crippen LogP contribution in [0.4, 0.5) is 4.79 Å². The predicted octanol–water partition coefficient (Wildman–Crippen LogP) is 3.20. The Bertz CT molecular complexity index is 781. The first-order chi connectivity index (χ1) is 15.5. The topological polar surface area (TPSA) is 79.9 Å². The van der Waals surface area contributed by atoms with Crippen molar-refractivity contribution in [2.75, 3.05) is 26.3 Å². The van der Waals surface area contributed by atoms with E-state index in [-0.39, 0.29) is 24.1 Å². The molecule has 2 aliphatic heterocycles. The van der Waals surface area contributed by atoms with Gasteiger partial charge < -0.3 is 25.0 Å². The largest absolute Gasteiger partial charge is 0.376 e. The summed E-state index contributed by atoms with van der Waals surface area (Å²) in [5.74, 6) is 0.485.